The number of rotatable bonds is 2. The van der Waals surface area contributed by atoms with Gasteiger partial charge in [-0.15, -0.1) is 0 Å². The summed E-state index contributed by atoms with van der Waals surface area (Å²) >= 11 is 0. The van der Waals surface area contributed by atoms with Crippen LogP contribution in [0.3, 0.4) is 0 Å². The minimum absolute atomic E-state index is 0.670. The quantitative estimate of drug-likeness (QED) is 0.844. The maximum atomic E-state index is 4.59. The molecule has 1 atom stereocenters. The molecular weight excluding hydrogens is 258 g/mol. The summed E-state index contributed by atoms with van der Waals surface area (Å²) in [5.41, 5.74) is 8.18. The van der Waals surface area contributed by atoms with Crippen LogP contribution in [0.1, 0.15) is 28.9 Å². The Labute approximate surface area is 127 Å². The molecule has 3 nitrogen and oxygen atoms in total. The Morgan fingerprint density at radius 2 is 2.00 bits per heavy atom. The van der Waals surface area contributed by atoms with Crippen LogP contribution in [0, 0.1) is 13.8 Å². The molecule has 2 aromatic rings. The van der Waals surface area contributed by atoms with Gasteiger partial charge in [-0.2, -0.15) is 5.10 Å². The zero-order valence-corrected chi connectivity index (χ0v) is 13.8. The van der Waals surface area contributed by atoms with Crippen molar-refractivity contribution in [2.75, 3.05) is 14.1 Å². The van der Waals surface area contributed by atoms with Gasteiger partial charge in [-0.05, 0) is 63.9 Å². The van der Waals surface area contributed by atoms with Crippen LogP contribution in [0.2, 0.25) is 0 Å². The lowest BCUT2D eigenvalue weighted by molar-refractivity contribution is 0.268. The lowest BCUT2D eigenvalue weighted by atomic mass is 9.83. The summed E-state index contributed by atoms with van der Waals surface area (Å²) in [4.78, 5) is 2.36. The van der Waals surface area contributed by atoms with Gasteiger partial charge in [0.05, 0.1) is 5.69 Å². The van der Waals surface area contributed by atoms with Gasteiger partial charge in [0, 0.05) is 24.3 Å². The molecule has 0 bridgehead atoms. The predicted molar refractivity (Wildman–Crippen MR) is 87.6 cm³/mol. The largest absolute Gasteiger partial charge is 0.306 e. The van der Waals surface area contributed by atoms with Crippen LogP contribution in [-0.2, 0) is 19.9 Å². The maximum Gasteiger partial charge on any atom is 0.0674 e. The number of benzene rings is 1. The molecule has 0 radical (unpaired) electrons. The van der Waals surface area contributed by atoms with Crippen LogP contribution in [0.5, 0.6) is 0 Å². The topological polar surface area (TPSA) is 21.1 Å². The van der Waals surface area contributed by atoms with Crippen LogP contribution >= 0.6 is 0 Å². The summed E-state index contributed by atoms with van der Waals surface area (Å²) in [7, 11) is 6.41. The van der Waals surface area contributed by atoms with Crippen LogP contribution in [-0.4, -0.2) is 34.8 Å². The van der Waals surface area contributed by atoms with Gasteiger partial charge in [0.15, 0.2) is 0 Å². The Hall–Kier alpha value is -1.61. The first-order valence-electron chi connectivity index (χ1n) is 7.76. The standard InChI is InChI=1S/C18H25N3/c1-12-18(13(2)21(5)19-12)17-8-6-7-14-11-15(20(3)4)9-10-16(14)17/h6-8,15H,9-11H2,1-5H3/t15-/m1/s1. The average Bonchev–Trinajstić information content (AvgIpc) is 2.71. The van der Waals surface area contributed by atoms with E-state index in [1.165, 1.54) is 40.8 Å². The van der Waals surface area contributed by atoms with Gasteiger partial charge in [0.25, 0.3) is 0 Å². The summed E-state index contributed by atoms with van der Waals surface area (Å²) in [5, 5.41) is 4.59. The number of hydrogen-bond donors (Lipinski definition) is 0. The van der Waals surface area contributed by atoms with Crippen LogP contribution in [0.25, 0.3) is 11.1 Å². The minimum atomic E-state index is 0.670. The monoisotopic (exact) mass is 283 g/mol. The molecule has 1 heterocycles. The summed E-state index contributed by atoms with van der Waals surface area (Å²) in [5.74, 6) is 0. The highest BCUT2D eigenvalue weighted by Gasteiger charge is 2.24. The van der Waals surface area contributed by atoms with E-state index in [1.54, 1.807) is 0 Å². The lowest BCUT2D eigenvalue weighted by Crippen LogP contribution is -2.33. The Kier molecular flexibility index (Phi) is 3.62. The van der Waals surface area contributed by atoms with E-state index in [-0.39, 0.29) is 0 Å². The number of aromatic nitrogens is 2. The molecule has 21 heavy (non-hydrogen) atoms. The molecule has 112 valence electrons. The van der Waals surface area contributed by atoms with E-state index >= 15 is 0 Å². The zero-order chi connectivity index (χ0) is 15.1. The third-order valence-electron chi connectivity index (χ3n) is 4.96. The molecule has 0 N–H and O–H groups in total. The van der Waals surface area contributed by atoms with E-state index in [4.69, 9.17) is 0 Å². The first kappa shape index (κ1) is 14.3. The number of aryl methyl sites for hydroxylation is 2. The summed E-state index contributed by atoms with van der Waals surface area (Å²) < 4.78 is 2.00. The van der Waals surface area contributed by atoms with Crippen molar-refractivity contribution in [2.24, 2.45) is 7.05 Å². The van der Waals surface area contributed by atoms with Gasteiger partial charge in [-0.3, -0.25) is 4.68 Å². The molecule has 0 spiro atoms. The Morgan fingerprint density at radius 3 is 2.62 bits per heavy atom. The van der Waals surface area contributed by atoms with Crippen LogP contribution in [0.4, 0.5) is 0 Å². The van der Waals surface area contributed by atoms with Crippen molar-refractivity contribution in [2.45, 2.75) is 39.2 Å². The molecule has 0 saturated heterocycles. The van der Waals surface area contributed by atoms with E-state index in [1.807, 2.05) is 11.7 Å². The molecule has 1 aromatic heterocycles. The molecule has 3 rings (SSSR count). The SMILES string of the molecule is Cc1nn(C)c(C)c1-c1cccc2c1CC[C@@H](N(C)C)C2. The van der Waals surface area contributed by atoms with Crippen LogP contribution in [0.15, 0.2) is 18.2 Å². The second-order valence-corrected chi connectivity index (χ2v) is 6.47. The fraction of sp³-hybridized carbons (Fsp3) is 0.500. The van der Waals surface area contributed by atoms with Crippen molar-refractivity contribution in [1.82, 2.24) is 14.7 Å². The lowest BCUT2D eigenvalue weighted by Gasteiger charge is -2.31. The molecule has 0 unspecified atom stereocenters. The molecule has 0 aliphatic heterocycles. The zero-order valence-electron chi connectivity index (χ0n) is 13.8. The number of hydrogen-bond acceptors (Lipinski definition) is 2. The highest BCUT2D eigenvalue weighted by molar-refractivity contribution is 5.73. The normalized spacial score (nSPS) is 18.1. The fourth-order valence-electron chi connectivity index (χ4n) is 3.63. The highest BCUT2D eigenvalue weighted by Crippen LogP contribution is 2.35. The number of nitrogens with zero attached hydrogens (tertiary/aromatic N) is 3. The van der Waals surface area contributed by atoms with Gasteiger partial charge >= 0.3 is 0 Å². The van der Waals surface area contributed by atoms with Crippen molar-refractivity contribution in [1.29, 1.82) is 0 Å². The highest BCUT2D eigenvalue weighted by atomic mass is 15.3. The Morgan fingerprint density at radius 1 is 1.24 bits per heavy atom. The number of likely N-dealkylation sites (N-methyl/N-ethyl adjacent to an activating group) is 1. The Balaban J connectivity index is 2.09. The van der Waals surface area contributed by atoms with Gasteiger partial charge in [-0.25, -0.2) is 0 Å². The molecule has 1 aliphatic carbocycles. The molecule has 3 heteroatoms. The van der Waals surface area contributed by atoms with Crippen LogP contribution < -0.4 is 0 Å². The van der Waals surface area contributed by atoms with E-state index in [0.717, 1.165) is 12.1 Å². The van der Waals surface area contributed by atoms with Gasteiger partial charge in [0.2, 0.25) is 0 Å². The number of fused-ring (bicyclic) bond motifs is 1. The van der Waals surface area contributed by atoms with Crippen molar-refractivity contribution < 1.29 is 0 Å². The summed E-state index contributed by atoms with van der Waals surface area (Å²) in [6.07, 6.45) is 3.58. The summed E-state index contributed by atoms with van der Waals surface area (Å²) in [6, 6.07) is 7.45. The van der Waals surface area contributed by atoms with Gasteiger partial charge in [-0.1, -0.05) is 18.2 Å². The second kappa shape index (κ2) is 5.30. The van der Waals surface area contributed by atoms with Crippen molar-refractivity contribution in [3.05, 3.63) is 40.7 Å². The molecule has 0 fully saturated rings. The van der Waals surface area contributed by atoms with Crippen molar-refractivity contribution >= 4 is 0 Å². The smallest absolute Gasteiger partial charge is 0.0674 e. The molecule has 1 aliphatic rings. The third-order valence-corrected chi connectivity index (χ3v) is 4.96. The molecule has 0 amide bonds. The third kappa shape index (κ3) is 2.40. The second-order valence-electron chi connectivity index (χ2n) is 6.47. The molecular formula is C18H25N3. The maximum absolute atomic E-state index is 4.59. The first-order chi connectivity index (χ1) is 9.99. The average molecular weight is 283 g/mol. The van der Waals surface area contributed by atoms with Gasteiger partial charge < -0.3 is 4.90 Å². The van der Waals surface area contributed by atoms with E-state index < -0.39 is 0 Å². The van der Waals surface area contributed by atoms with E-state index in [2.05, 4.69) is 56.1 Å². The molecule has 1 aromatic carbocycles. The Bertz CT molecular complexity index is 667. The van der Waals surface area contributed by atoms with E-state index in [9.17, 15) is 0 Å². The van der Waals surface area contributed by atoms with E-state index in [0.29, 0.717) is 6.04 Å². The molecule has 0 saturated carbocycles. The van der Waals surface area contributed by atoms with Crippen molar-refractivity contribution in [3.63, 3.8) is 0 Å². The first-order valence-corrected chi connectivity index (χ1v) is 7.76. The summed E-state index contributed by atoms with van der Waals surface area (Å²) in [6.45, 7) is 4.29. The van der Waals surface area contributed by atoms with Crippen molar-refractivity contribution in [3.8, 4) is 11.1 Å². The van der Waals surface area contributed by atoms with Gasteiger partial charge in [0.1, 0.15) is 0 Å². The predicted octanol–water partition coefficient (Wildman–Crippen LogP) is 3.12. The minimum Gasteiger partial charge on any atom is -0.306 e. The fourth-order valence-corrected chi connectivity index (χ4v) is 3.63.